The Labute approximate surface area is 157 Å². The number of hydrogen-bond acceptors (Lipinski definition) is 3. The van der Waals surface area contributed by atoms with Crippen LogP contribution in [0, 0.1) is 0 Å². The molecule has 0 bridgehead atoms. The van der Waals surface area contributed by atoms with Crippen molar-refractivity contribution in [3.05, 3.63) is 64.9 Å². The van der Waals surface area contributed by atoms with Gasteiger partial charge < -0.3 is 14.1 Å². The summed E-state index contributed by atoms with van der Waals surface area (Å²) in [6.45, 7) is 1.42. The number of piperidine rings is 1. The fourth-order valence-electron chi connectivity index (χ4n) is 3.67. The molecule has 1 saturated heterocycles. The van der Waals surface area contributed by atoms with Crippen molar-refractivity contribution in [2.24, 2.45) is 0 Å². The highest BCUT2D eigenvalue weighted by molar-refractivity contribution is 6.31. The summed E-state index contributed by atoms with van der Waals surface area (Å²) in [6, 6.07) is 15.3. The van der Waals surface area contributed by atoms with Crippen LogP contribution < -0.4 is 4.74 Å². The van der Waals surface area contributed by atoms with Gasteiger partial charge in [0.05, 0.1) is 7.11 Å². The van der Waals surface area contributed by atoms with E-state index in [9.17, 15) is 4.79 Å². The summed E-state index contributed by atoms with van der Waals surface area (Å²) in [7, 11) is 1.70. The second-order valence-electron chi connectivity index (χ2n) is 6.60. The van der Waals surface area contributed by atoms with Crippen LogP contribution >= 0.6 is 11.6 Å². The molecule has 0 aliphatic carbocycles. The van der Waals surface area contributed by atoms with Crippen LogP contribution in [0.1, 0.15) is 34.9 Å². The maximum atomic E-state index is 12.8. The molecule has 5 heteroatoms. The topological polar surface area (TPSA) is 42.7 Å². The van der Waals surface area contributed by atoms with Crippen molar-refractivity contribution >= 4 is 28.5 Å². The number of fused-ring (bicyclic) bond motifs is 1. The van der Waals surface area contributed by atoms with Crippen molar-refractivity contribution in [1.29, 1.82) is 0 Å². The van der Waals surface area contributed by atoms with Gasteiger partial charge in [0.15, 0.2) is 5.76 Å². The van der Waals surface area contributed by atoms with Gasteiger partial charge in [-0.1, -0.05) is 29.8 Å². The van der Waals surface area contributed by atoms with Crippen molar-refractivity contribution in [1.82, 2.24) is 4.90 Å². The van der Waals surface area contributed by atoms with Gasteiger partial charge in [-0.05, 0) is 54.7 Å². The quantitative estimate of drug-likeness (QED) is 0.644. The number of carbonyl (C=O) groups excluding carboxylic acids is 1. The summed E-state index contributed by atoms with van der Waals surface area (Å²) >= 11 is 6.01. The molecule has 2 aromatic carbocycles. The molecule has 26 heavy (non-hydrogen) atoms. The lowest BCUT2D eigenvalue weighted by Gasteiger charge is -2.32. The first-order valence-electron chi connectivity index (χ1n) is 8.77. The Bertz CT molecular complexity index is 941. The number of hydrogen-bond donors (Lipinski definition) is 0. The molecule has 1 amide bonds. The van der Waals surface area contributed by atoms with E-state index in [-0.39, 0.29) is 5.91 Å². The molecule has 1 aliphatic rings. The zero-order valence-electron chi connectivity index (χ0n) is 14.6. The van der Waals surface area contributed by atoms with Crippen molar-refractivity contribution in [3.63, 3.8) is 0 Å². The normalized spacial score (nSPS) is 15.4. The Morgan fingerprint density at radius 1 is 1.15 bits per heavy atom. The van der Waals surface area contributed by atoms with Crippen molar-refractivity contribution in [2.45, 2.75) is 18.8 Å². The van der Waals surface area contributed by atoms with E-state index in [1.165, 1.54) is 5.56 Å². The number of rotatable bonds is 3. The third-order valence-corrected chi connectivity index (χ3v) is 5.29. The van der Waals surface area contributed by atoms with Crippen LogP contribution in [0.4, 0.5) is 0 Å². The molecule has 1 aliphatic heterocycles. The largest absolute Gasteiger partial charge is 0.496 e. The van der Waals surface area contributed by atoms with Crippen molar-refractivity contribution in [2.75, 3.05) is 20.2 Å². The minimum Gasteiger partial charge on any atom is -0.496 e. The molecule has 1 aromatic heterocycles. The van der Waals surface area contributed by atoms with Gasteiger partial charge in [0, 0.05) is 23.5 Å². The molecule has 4 rings (SSSR count). The first kappa shape index (κ1) is 17.0. The molecule has 134 valence electrons. The number of para-hydroxylation sites is 1. The number of ether oxygens (including phenoxy) is 1. The van der Waals surface area contributed by atoms with Crippen LogP contribution in [0.25, 0.3) is 11.0 Å². The highest BCUT2D eigenvalue weighted by Gasteiger charge is 2.27. The summed E-state index contributed by atoms with van der Waals surface area (Å²) in [5.41, 5.74) is 1.90. The van der Waals surface area contributed by atoms with Gasteiger partial charge in [-0.25, -0.2) is 0 Å². The number of methoxy groups -OCH3 is 1. The smallest absolute Gasteiger partial charge is 0.289 e. The van der Waals surface area contributed by atoms with E-state index in [0.29, 0.717) is 35.4 Å². The van der Waals surface area contributed by atoms with E-state index < -0.39 is 0 Å². The highest BCUT2D eigenvalue weighted by atomic mass is 35.5. The highest BCUT2D eigenvalue weighted by Crippen LogP contribution is 2.34. The molecule has 4 nitrogen and oxygen atoms in total. The van der Waals surface area contributed by atoms with Crippen LogP contribution in [0.3, 0.4) is 0 Å². The van der Waals surface area contributed by atoms with E-state index in [1.807, 2.05) is 29.2 Å². The number of furan rings is 1. The SMILES string of the molecule is COc1ccccc1C1CCN(C(=O)c2cc3cc(Cl)ccc3o2)CC1. The Hall–Kier alpha value is -2.46. The second-order valence-corrected chi connectivity index (χ2v) is 7.04. The van der Waals surface area contributed by atoms with E-state index in [0.717, 1.165) is 24.0 Å². The van der Waals surface area contributed by atoms with Gasteiger partial charge in [-0.15, -0.1) is 0 Å². The molecular formula is C21H20ClNO3. The van der Waals surface area contributed by atoms with Gasteiger partial charge in [0.25, 0.3) is 5.91 Å². The molecule has 1 fully saturated rings. The van der Waals surface area contributed by atoms with Crippen LogP contribution in [-0.4, -0.2) is 31.0 Å². The van der Waals surface area contributed by atoms with Gasteiger partial charge in [0.2, 0.25) is 0 Å². The summed E-state index contributed by atoms with van der Waals surface area (Å²) in [6.07, 6.45) is 1.83. The van der Waals surface area contributed by atoms with Gasteiger partial charge in [-0.3, -0.25) is 4.79 Å². The van der Waals surface area contributed by atoms with Gasteiger partial charge >= 0.3 is 0 Å². The van der Waals surface area contributed by atoms with Gasteiger partial charge in [0.1, 0.15) is 11.3 Å². The van der Waals surface area contributed by atoms with E-state index in [1.54, 1.807) is 25.3 Å². The number of amides is 1. The Balaban J connectivity index is 1.47. The molecule has 0 radical (unpaired) electrons. The monoisotopic (exact) mass is 369 g/mol. The second kappa shape index (κ2) is 7.04. The van der Waals surface area contributed by atoms with Crippen molar-refractivity contribution < 1.29 is 13.9 Å². The lowest BCUT2D eigenvalue weighted by molar-refractivity contribution is 0.0683. The standard InChI is InChI=1S/C21H20ClNO3/c1-25-19-5-3-2-4-17(19)14-8-10-23(11-9-14)21(24)20-13-15-12-16(22)6-7-18(15)26-20/h2-7,12-14H,8-11H2,1H3. The molecule has 0 saturated carbocycles. The van der Waals surface area contributed by atoms with Crippen LogP contribution in [0.15, 0.2) is 52.9 Å². The van der Waals surface area contributed by atoms with Crippen LogP contribution in [0.5, 0.6) is 5.75 Å². The summed E-state index contributed by atoms with van der Waals surface area (Å²) in [4.78, 5) is 14.7. The fraction of sp³-hybridized carbons (Fsp3) is 0.286. The average Bonchev–Trinajstić information content (AvgIpc) is 3.10. The number of likely N-dealkylation sites (tertiary alicyclic amines) is 1. The lowest BCUT2D eigenvalue weighted by atomic mass is 9.88. The number of halogens is 1. The minimum absolute atomic E-state index is 0.0594. The number of nitrogens with zero attached hydrogens (tertiary/aromatic N) is 1. The molecule has 0 N–H and O–H groups in total. The summed E-state index contributed by atoms with van der Waals surface area (Å²) in [5, 5.41) is 1.49. The van der Waals surface area contributed by atoms with Gasteiger partial charge in [-0.2, -0.15) is 0 Å². The predicted molar refractivity (Wildman–Crippen MR) is 102 cm³/mol. The minimum atomic E-state index is -0.0594. The molecular weight excluding hydrogens is 350 g/mol. The molecule has 3 aromatic rings. The first-order chi connectivity index (χ1) is 12.7. The maximum Gasteiger partial charge on any atom is 0.289 e. The molecule has 2 heterocycles. The lowest BCUT2D eigenvalue weighted by Crippen LogP contribution is -2.37. The third-order valence-electron chi connectivity index (χ3n) is 5.05. The number of benzene rings is 2. The molecule has 0 spiro atoms. The Morgan fingerprint density at radius 2 is 1.92 bits per heavy atom. The Kier molecular flexibility index (Phi) is 4.60. The Morgan fingerprint density at radius 3 is 2.69 bits per heavy atom. The van der Waals surface area contributed by atoms with E-state index in [2.05, 4.69) is 6.07 Å². The third kappa shape index (κ3) is 3.17. The summed E-state index contributed by atoms with van der Waals surface area (Å²) < 4.78 is 11.2. The fourth-order valence-corrected chi connectivity index (χ4v) is 3.85. The van der Waals surface area contributed by atoms with Crippen molar-refractivity contribution in [3.8, 4) is 5.75 Å². The molecule has 0 atom stereocenters. The van der Waals surface area contributed by atoms with Crippen LogP contribution in [0.2, 0.25) is 5.02 Å². The van der Waals surface area contributed by atoms with E-state index >= 15 is 0 Å². The first-order valence-corrected chi connectivity index (χ1v) is 9.15. The molecule has 0 unspecified atom stereocenters. The maximum absolute atomic E-state index is 12.8. The predicted octanol–water partition coefficient (Wildman–Crippen LogP) is 5.11. The number of carbonyl (C=O) groups is 1. The summed E-state index contributed by atoms with van der Waals surface area (Å²) in [5.74, 6) is 1.64. The van der Waals surface area contributed by atoms with Crippen LogP contribution in [-0.2, 0) is 0 Å². The zero-order chi connectivity index (χ0) is 18.1. The zero-order valence-corrected chi connectivity index (χ0v) is 15.3. The average molecular weight is 370 g/mol. The van der Waals surface area contributed by atoms with E-state index in [4.69, 9.17) is 20.8 Å².